The molecule has 0 aliphatic carbocycles. The number of aryl methyl sites for hydroxylation is 3. The number of carbonyl (C=O) groups excluding carboxylic acids is 15. The highest BCUT2D eigenvalue weighted by molar-refractivity contribution is 6.23. The Hall–Kier alpha value is -15.4. The van der Waals surface area contributed by atoms with Gasteiger partial charge in [-0.05, 0) is 69.2 Å². The largest absolute Gasteiger partial charge is 0.481 e. The maximum Gasteiger partial charge on any atom is 0.336 e. The van der Waals surface area contributed by atoms with Crippen molar-refractivity contribution in [3.05, 3.63) is 60.1 Å². The number of hydrogen-bond donors (Lipinski definition) is 15. The highest BCUT2D eigenvalue weighted by atomic mass is 16.4. The monoisotopic (exact) mass is 1930 g/mol. The van der Waals surface area contributed by atoms with Gasteiger partial charge in [0.2, 0.25) is 29.5 Å². The standard InChI is InChI=1S/5C9H11N3O2.5C7H10O6/c5*1-5-7(13)6-8(10-4-11(6)2)12(3)9(5)14;5*1-4(8)2-7(13,6(11)12)3-5(9)10/h5*4-5H,1-3H3;5*13H,2-3H2,1H3,(H,9,10)(H,11,12)/i3D3,4D;4D;3D3;2D3;1D3;;;;;. The van der Waals surface area contributed by atoms with Crippen LogP contribution in [0.1, 0.15) is 205 Å². The van der Waals surface area contributed by atoms with Crippen LogP contribution in [0.2, 0.25) is 0 Å². The molecule has 0 radical (unpaired) electrons. The number of aliphatic hydroxyl groups is 5. The van der Waals surface area contributed by atoms with Crippen LogP contribution < -0.4 is 24.5 Å². The number of rotatable bonds is 25. The maximum atomic E-state index is 12.0. The highest BCUT2D eigenvalue weighted by Crippen LogP contribution is 2.33. The van der Waals surface area contributed by atoms with Gasteiger partial charge in [-0.3, -0.25) is 120 Å². The zero-order valence-electron chi connectivity index (χ0n) is 88.3. The van der Waals surface area contributed by atoms with Gasteiger partial charge in [0.05, 0.1) is 63.7 Å². The van der Waals surface area contributed by atoms with E-state index in [1.165, 1.54) is 82.6 Å². The molecule has 0 spiro atoms. The summed E-state index contributed by atoms with van der Waals surface area (Å²) in [4.78, 5) is 298. The quantitative estimate of drug-likeness (QED) is 0.0266. The van der Waals surface area contributed by atoms with E-state index in [2.05, 4.69) is 24.9 Å². The molecule has 0 bridgehead atoms. The third-order valence-corrected chi connectivity index (χ3v) is 18.7. The Balaban J connectivity index is 0.000000830. The summed E-state index contributed by atoms with van der Waals surface area (Å²) < 4.78 is 109. The predicted octanol–water partition coefficient (Wildman–Crippen LogP) is -2.64. The SMILES string of the molecule is CC(=O)CC(O)(CC(=O)O)C(=O)O.CC(=O)CC(O)(CC(=O)O)C(=O)O.CC(=O)CC(O)(CC(=O)O)C(=O)O.CC(=O)CC(O)(CC(=O)O)C(=O)O.CC(=O)CC(O)(CC(=O)O)C(=O)O.[2H]C([2H])([2H])C1C(=O)c2c(ncn2C)N(C)C1=O.[2H]C([2H])([2H])N1C(=O)C(C)C(=O)c2c1ncn2C.[2H]C([2H])([2H])n1cnc2c1C(=O)C(C)C(=O)N2C.[2H]c1nc2c(n1C)C(=O)C(C)C(=O)N2C.[2H]c1nc2c(n1C)C(=O)C(C)C(=O)N2C([2H])([2H])[2H]. The molecule has 10 rings (SSSR count). The summed E-state index contributed by atoms with van der Waals surface area (Å²) in [5.74, 6) is -29.0. The topological polar surface area (TPSA) is 836 Å². The van der Waals surface area contributed by atoms with Crippen LogP contribution in [0.4, 0.5) is 29.1 Å². The smallest absolute Gasteiger partial charge is 0.336 e. The number of aromatic nitrogens is 10. The lowest BCUT2D eigenvalue weighted by molar-refractivity contribution is -0.167. The third kappa shape index (κ3) is 30.6. The van der Waals surface area contributed by atoms with Crippen molar-refractivity contribution in [2.75, 3.05) is 59.6 Å². The van der Waals surface area contributed by atoms with Crippen LogP contribution in [0, 0.1) is 29.6 Å². The lowest BCUT2D eigenvalue weighted by Crippen LogP contribution is -2.42. The van der Waals surface area contributed by atoms with E-state index in [9.17, 15) is 145 Å². The first-order valence-corrected chi connectivity index (χ1v) is 38.0. The van der Waals surface area contributed by atoms with Crippen molar-refractivity contribution in [2.24, 2.45) is 64.8 Å². The molecule has 55 nitrogen and oxygen atoms in total. The molecule has 10 unspecified atom stereocenters. The number of carboxylic acid groups (broad SMARTS) is 10. The minimum Gasteiger partial charge on any atom is -0.481 e. The van der Waals surface area contributed by atoms with Gasteiger partial charge in [-0.2, -0.15) is 0 Å². The number of carbonyl (C=O) groups is 25. The summed E-state index contributed by atoms with van der Waals surface area (Å²) in [6.45, 7) is 0.717. The predicted molar refractivity (Wildman–Crippen MR) is 451 cm³/mol. The molecule has 5 aromatic heterocycles. The van der Waals surface area contributed by atoms with Crippen LogP contribution in [0.5, 0.6) is 0 Å². The third-order valence-electron chi connectivity index (χ3n) is 18.7. The van der Waals surface area contributed by atoms with Gasteiger partial charge in [0.15, 0.2) is 86.0 Å². The van der Waals surface area contributed by atoms with Crippen LogP contribution in [-0.4, -0.2) is 335 Å². The van der Waals surface area contributed by atoms with Crippen molar-refractivity contribution < 1.29 is 216 Å². The van der Waals surface area contributed by atoms with Crippen molar-refractivity contribution in [3.8, 4) is 0 Å². The van der Waals surface area contributed by atoms with Gasteiger partial charge in [-0.25, -0.2) is 48.9 Å². The molecular formula is C80H105N15O40. The Morgan fingerprint density at radius 1 is 0.281 bits per heavy atom. The zero-order valence-corrected chi connectivity index (χ0v) is 74.3. The first-order chi connectivity index (χ1) is 67.2. The van der Waals surface area contributed by atoms with Gasteiger partial charge in [-0.15, -0.1) is 0 Å². The van der Waals surface area contributed by atoms with Crippen molar-refractivity contribution in [1.29, 1.82) is 0 Å². The fraction of sp³-hybridized carbons (Fsp3) is 0.500. The lowest BCUT2D eigenvalue weighted by atomic mass is 9.94. The minimum atomic E-state index is -2.72. The van der Waals surface area contributed by atoms with Gasteiger partial charge in [0.25, 0.3) is 0 Å². The van der Waals surface area contributed by atoms with Gasteiger partial charge in [0, 0.05) is 119 Å². The number of nitrogens with zero attached hydrogens (tertiary/aromatic N) is 15. The number of fused-ring (bicyclic) bond motifs is 5. The number of carboxylic acids is 10. The number of hydrogen-bond acceptors (Lipinski definition) is 35. The Bertz CT molecular complexity index is 5760. The van der Waals surface area contributed by atoms with Gasteiger partial charge >= 0.3 is 59.7 Å². The summed E-state index contributed by atoms with van der Waals surface area (Å²) in [6.07, 6.45) is -4.92. The van der Waals surface area contributed by atoms with E-state index in [0.29, 0.717) is 15.5 Å². The molecule has 5 aliphatic rings. The molecule has 740 valence electrons. The first kappa shape index (κ1) is 94.3. The Morgan fingerprint density at radius 3 is 0.659 bits per heavy atom. The van der Waals surface area contributed by atoms with Gasteiger partial charge in [0.1, 0.15) is 89.7 Å². The molecule has 10 heterocycles. The van der Waals surface area contributed by atoms with Crippen LogP contribution in [-0.2, 0) is 131 Å². The summed E-state index contributed by atoms with van der Waals surface area (Å²) in [5.41, 5.74) is -11.8. The molecule has 0 aromatic carbocycles. The highest BCUT2D eigenvalue weighted by Gasteiger charge is 2.47. The number of amides is 5. The normalized spacial score (nSPS) is 20.0. The lowest BCUT2D eigenvalue weighted by Gasteiger charge is -2.25. The first-order valence-electron chi connectivity index (χ1n) is 45.0. The van der Waals surface area contributed by atoms with E-state index < -0.39 is 279 Å². The molecule has 55 heteroatoms. The van der Waals surface area contributed by atoms with Crippen molar-refractivity contribution in [3.63, 3.8) is 0 Å². The van der Waals surface area contributed by atoms with Gasteiger partial charge in [-0.1, -0.05) is 0 Å². The summed E-state index contributed by atoms with van der Waals surface area (Å²) in [6, 6.07) is 0. The van der Waals surface area contributed by atoms with E-state index in [-0.39, 0.29) is 82.1 Å². The molecule has 10 atom stereocenters. The summed E-state index contributed by atoms with van der Waals surface area (Å²) in [7, 11) is 10.7. The average Bonchev–Trinajstić information content (AvgIpc) is 1.63. The molecule has 0 saturated carbocycles. The number of anilines is 5. The molecule has 5 aromatic rings. The molecule has 0 fully saturated rings. The summed E-state index contributed by atoms with van der Waals surface area (Å²) >= 11 is 0. The number of imidazole rings is 5. The van der Waals surface area contributed by atoms with Crippen LogP contribution >= 0.6 is 0 Å². The average molecular weight is 1930 g/mol. The van der Waals surface area contributed by atoms with E-state index in [1.807, 2.05) is 0 Å². The van der Waals surface area contributed by atoms with E-state index in [1.54, 1.807) is 35.1 Å². The molecular weight excluding hydrogens is 1810 g/mol. The van der Waals surface area contributed by atoms with Crippen molar-refractivity contribution >= 4 is 176 Å². The second-order valence-corrected chi connectivity index (χ2v) is 30.3. The Morgan fingerprint density at radius 2 is 0.459 bits per heavy atom. The second kappa shape index (κ2) is 48.1. The Kier molecular flexibility index (Phi) is 33.6. The van der Waals surface area contributed by atoms with Crippen LogP contribution in [0.3, 0.4) is 0 Å². The number of aliphatic carboxylic acids is 10. The molecule has 135 heavy (non-hydrogen) atoms. The van der Waals surface area contributed by atoms with E-state index in [0.717, 1.165) is 50.4 Å². The van der Waals surface area contributed by atoms with Crippen molar-refractivity contribution in [2.45, 2.75) is 161 Å². The molecule has 15 N–H and O–H groups in total. The van der Waals surface area contributed by atoms with E-state index >= 15 is 0 Å². The summed E-state index contributed by atoms with van der Waals surface area (Å²) in [5, 5.41) is 130. The fourth-order valence-electron chi connectivity index (χ4n) is 11.9. The van der Waals surface area contributed by atoms with Crippen LogP contribution in [0.25, 0.3) is 0 Å². The van der Waals surface area contributed by atoms with Crippen LogP contribution in [0.15, 0.2) is 31.6 Å². The Labute approximate surface area is 783 Å². The van der Waals surface area contributed by atoms with Gasteiger partial charge < -0.3 is 99.4 Å². The molecule has 0 saturated heterocycles. The second-order valence-electron chi connectivity index (χ2n) is 30.3. The van der Waals surface area contributed by atoms with Crippen molar-refractivity contribution in [1.82, 2.24) is 47.8 Å². The minimum absolute atomic E-state index is 0.0109. The number of ketones is 10. The zero-order chi connectivity index (χ0) is 117. The molecule has 5 aliphatic heterocycles. The maximum absolute atomic E-state index is 12.0. The fourth-order valence-corrected chi connectivity index (χ4v) is 11.9. The van der Waals surface area contributed by atoms with E-state index in [4.69, 9.17) is 70.3 Å². The molecule has 5 amide bonds. The number of Topliss-reactive ketones (excluding diaryl/α,β-unsaturated/α-hetero) is 10.